The Balaban J connectivity index is 1.80. The molecule has 2 aromatic rings. The number of aryl methyl sites for hydroxylation is 2. The molecule has 2 heterocycles. The van der Waals surface area contributed by atoms with Crippen molar-refractivity contribution in [1.29, 1.82) is 0 Å². The summed E-state index contributed by atoms with van der Waals surface area (Å²) in [4.78, 5) is 14.7. The highest BCUT2D eigenvalue weighted by molar-refractivity contribution is 7.12. The van der Waals surface area contributed by atoms with E-state index >= 15 is 0 Å². The highest BCUT2D eigenvalue weighted by atomic mass is 32.1. The number of hydrogen-bond donors (Lipinski definition) is 3. The summed E-state index contributed by atoms with van der Waals surface area (Å²) in [6, 6.07) is 9.68. The molecule has 0 aliphatic carbocycles. The fourth-order valence-corrected chi connectivity index (χ4v) is 3.94. The zero-order valence-electron chi connectivity index (χ0n) is 14.2. The van der Waals surface area contributed by atoms with Crippen molar-refractivity contribution >= 4 is 22.9 Å². The van der Waals surface area contributed by atoms with Gasteiger partial charge in [-0.25, -0.2) is 0 Å². The molecule has 3 rings (SSSR count). The van der Waals surface area contributed by atoms with Gasteiger partial charge in [0.05, 0.1) is 5.56 Å². The number of carbonyl (C=O) groups is 1. The van der Waals surface area contributed by atoms with Gasteiger partial charge in [-0.15, -0.1) is 11.3 Å². The van der Waals surface area contributed by atoms with Crippen LogP contribution in [0.3, 0.4) is 0 Å². The molecule has 1 saturated heterocycles. The predicted octanol–water partition coefficient (Wildman–Crippen LogP) is 2.74. The smallest absolute Gasteiger partial charge is 0.256 e. The molecule has 0 spiro atoms. The minimum Gasteiger partial charge on any atom is -0.350 e. The zero-order chi connectivity index (χ0) is 17.3. The number of nitrogens with one attached hydrogen (secondary N) is 2. The van der Waals surface area contributed by atoms with Gasteiger partial charge in [-0.05, 0) is 44.5 Å². The number of nitrogens with two attached hydrogens (primary N) is 1. The Hall–Kier alpha value is -1.73. The minimum atomic E-state index is -0.507. The Labute approximate surface area is 146 Å². The van der Waals surface area contributed by atoms with Crippen molar-refractivity contribution < 1.29 is 9.53 Å². The molecule has 0 saturated carbocycles. The molecule has 1 aliphatic rings. The van der Waals surface area contributed by atoms with E-state index in [-0.39, 0.29) is 12.1 Å². The zero-order valence-corrected chi connectivity index (χ0v) is 15.0. The van der Waals surface area contributed by atoms with Gasteiger partial charge in [-0.2, -0.15) is 0 Å². The van der Waals surface area contributed by atoms with Crippen LogP contribution in [0.2, 0.25) is 0 Å². The van der Waals surface area contributed by atoms with Gasteiger partial charge in [-0.3, -0.25) is 4.79 Å². The molecule has 6 heteroatoms. The number of hydrogen-bond acceptors (Lipinski definition) is 5. The lowest BCUT2D eigenvalue weighted by Gasteiger charge is -2.38. The number of amides is 1. The predicted molar refractivity (Wildman–Crippen MR) is 97.5 cm³/mol. The van der Waals surface area contributed by atoms with Crippen LogP contribution in [-0.2, 0) is 10.3 Å². The molecule has 1 fully saturated rings. The van der Waals surface area contributed by atoms with Crippen LogP contribution >= 0.6 is 11.3 Å². The molecule has 24 heavy (non-hydrogen) atoms. The molecule has 2 unspecified atom stereocenters. The fraction of sp³-hybridized carbons (Fsp3) is 0.389. The van der Waals surface area contributed by atoms with Gasteiger partial charge in [-0.1, -0.05) is 12.1 Å². The highest BCUT2D eigenvalue weighted by Gasteiger charge is 2.33. The van der Waals surface area contributed by atoms with Crippen LogP contribution in [0.25, 0.3) is 0 Å². The van der Waals surface area contributed by atoms with Crippen molar-refractivity contribution in [1.82, 2.24) is 5.32 Å². The second kappa shape index (κ2) is 6.64. The summed E-state index contributed by atoms with van der Waals surface area (Å²) in [5, 5.41) is 6.26. The molecule has 1 amide bonds. The molecule has 0 bridgehead atoms. The van der Waals surface area contributed by atoms with Gasteiger partial charge < -0.3 is 21.1 Å². The Morgan fingerprint density at radius 2 is 2.21 bits per heavy atom. The normalized spacial score (nSPS) is 23.9. The summed E-state index contributed by atoms with van der Waals surface area (Å²) in [6.45, 7) is 7.30. The maximum atomic E-state index is 12.5. The first kappa shape index (κ1) is 17.1. The van der Waals surface area contributed by atoms with Crippen LogP contribution in [0.5, 0.6) is 0 Å². The Morgan fingerprint density at radius 1 is 1.42 bits per heavy atom. The first-order valence-electron chi connectivity index (χ1n) is 8.00. The number of carbonyl (C=O) groups excluding carboxylic acids is 1. The molecule has 128 valence electrons. The summed E-state index contributed by atoms with van der Waals surface area (Å²) < 4.78 is 5.93. The van der Waals surface area contributed by atoms with Crippen molar-refractivity contribution in [2.75, 3.05) is 18.4 Å². The van der Waals surface area contributed by atoms with E-state index in [1.165, 1.54) is 0 Å². The topological polar surface area (TPSA) is 76.4 Å². The van der Waals surface area contributed by atoms with Crippen molar-refractivity contribution in [3.05, 3.63) is 51.2 Å². The molecule has 1 aliphatic heterocycles. The summed E-state index contributed by atoms with van der Waals surface area (Å²) in [5.41, 5.74) is 7.87. The lowest BCUT2D eigenvalue weighted by atomic mass is 9.94. The molecule has 0 radical (unpaired) electrons. The third-order valence-electron chi connectivity index (χ3n) is 4.24. The highest BCUT2D eigenvalue weighted by Crippen LogP contribution is 2.30. The molecular formula is C18H23N3O2S. The molecule has 1 aromatic heterocycles. The van der Waals surface area contributed by atoms with Crippen molar-refractivity contribution in [2.45, 2.75) is 32.6 Å². The molecular weight excluding hydrogens is 322 g/mol. The first-order valence-corrected chi connectivity index (χ1v) is 8.82. The summed E-state index contributed by atoms with van der Waals surface area (Å²) in [7, 11) is 0. The average molecular weight is 345 g/mol. The quantitative estimate of drug-likeness (QED) is 0.799. The average Bonchev–Trinajstić information content (AvgIpc) is 2.86. The van der Waals surface area contributed by atoms with E-state index in [4.69, 9.17) is 10.5 Å². The SMILES string of the molecule is Cc1cc(C(=O)Nc2cccc(C3(C)CNCC(N)O3)c2)c(C)s1. The number of rotatable bonds is 3. The van der Waals surface area contributed by atoms with Crippen molar-refractivity contribution in [3.63, 3.8) is 0 Å². The number of morpholine rings is 1. The number of ether oxygens (including phenoxy) is 1. The van der Waals surface area contributed by atoms with E-state index in [1.807, 2.05) is 51.1 Å². The second-order valence-corrected chi connectivity index (χ2v) is 7.84. The molecule has 5 nitrogen and oxygen atoms in total. The van der Waals surface area contributed by atoms with E-state index in [0.29, 0.717) is 13.1 Å². The van der Waals surface area contributed by atoms with Crippen LogP contribution < -0.4 is 16.4 Å². The monoisotopic (exact) mass is 345 g/mol. The van der Waals surface area contributed by atoms with Gasteiger partial charge in [0.2, 0.25) is 0 Å². The van der Waals surface area contributed by atoms with Gasteiger partial charge >= 0.3 is 0 Å². The summed E-state index contributed by atoms with van der Waals surface area (Å²) in [6.07, 6.45) is -0.335. The summed E-state index contributed by atoms with van der Waals surface area (Å²) in [5.74, 6) is -0.0847. The van der Waals surface area contributed by atoms with Crippen molar-refractivity contribution in [2.24, 2.45) is 5.73 Å². The van der Waals surface area contributed by atoms with E-state index in [9.17, 15) is 4.79 Å². The van der Waals surface area contributed by atoms with Gasteiger partial charge in [0, 0.05) is 28.5 Å². The summed E-state index contributed by atoms with van der Waals surface area (Å²) >= 11 is 1.63. The van der Waals surface area contributed by atoms with Crippen LogP contribution in [0.15, 0.2) is 30.3 Å². The minimum absolute atomic E-state index is 0.0847. The Morgan fingerprint density at radius 3 is 2.88 bits per heavy atom. The van der Waals surface area contributed by atoms with E-state index in [2.05, 4.69) is 10.6 Å². The maximum Gasteiger partial charge on any atom is 0.256 e. The molecule has 1 aromatic carbocycles. The van der Waals surface area contributed by atoms with Crippen LogP contribution in [0.4, 0.5) is 5.69 Å². The lowest BCUT2D eigenvalue weighted by Crippen LogP contribution is -2.53. The third-order valence-corrected chi connectivity index (χ3v) is 5.20. The third kappa shape index (κ3) is 3.52. The number of benzene rings is 1. The largest absolute Gasteiger partial charge is 0.350 e. The van der Waals surface area contributed by atoms with Crippen LogP contribution in [0, 0.1) is 13.8 Å². The maximum absolute atomic E-state index is 12.5. The first-order chi connectivity index (χ1) is 11.4. The molecule has 4 N–H and O–H groups in total. The van der Waals surface area contributed by atoms with E-state index < -0.39 is 5.60 Å². The Kier molecular flexibility index (Phi) is 4.73. The van der Waals surface area contributed by atoms with Gasteiger partial charge in [0.25, 0.3) is 5.91 Å². The standard InChI is InChI=1S/C18H23N3O2S/c1-11-7-15(12(2)24-11)17(22)21-14-6-4-5-13(8-14)18(3)10-20-9-16(19)23-18/h4-8,16,20H,9-10,19H2,1-3H3,(H,21,22). The van der Waals surface area contributed by atoms with E-state index in [1.54, 1.807) is 11.3 Å². The van der Waals surface area contributed by atoms with Crippen molar-refractivity contribution in [3.8, 4) is 0 Å². The van der Waals surface area contributed by atoms with Gasteiger partial charge in [0.15, 0.2) is 0 Å². The van der Waals surface area contributed by atoms with Gasteiger partial charge in [0.1, 0.15) is 11.8 Å². The second-order valence-electron chi connectivity index (χ2n) is 6.38. The van der Waals surface area contributed by atoms with Crippen LogP contribution in [0.1, 0.15) is 32.6 Å². The van der Waals surface area contributed by atoms with Crippen LogP contribution in [-0.4, -0.2) is 25.2 Å². The van der Waals surface area contributed by atoms with E-state index in [0.717, 1.165) is 26.6 Å². The lowest BCUT2D eigenvalue weighted by molar-refractivity contribution is -0.107. The number of thiophene rings is 1. The molecule has 2 atom stereocenters. The fourth-order valence-electron chi connectivity index (χ4n) is 3.02. The number of anilines is 1. The Bertz CT molecular complexity index is 758.